The van der Waals surface area contributed by atoms with Crippen molar-refractivity contribution in [2.24, 2.45) is 5.92 Å². The lowest BCUT2D eigenvalue weighted by Gasteiger charge is -2.16. The lowest BCUT2D eigenvalue weighted by atomic mass is 10.1. The predicted octanol–water partition coefficient (Wildman–Crippen LogP) is 1.63. The second-order valence-electron chi connectivity index (χ2n) is 4.63. The maximum absolute atomic E-state index is 12.2. The van der Waals surface area contributed by atoms with Gasteiger partial charge in [-0.25, -0.2) is 0 Å². The van der Waals surface area contributed by atoms with Gasteiger partial charge in [-0.15, -0.1) is 0 Å². The fourth-order valence-electron chi connectivity index (χ4n) is 2.18. The highest BCUT2D eigenvalue weighted by Gasteiger charge is 2.31. The van der Waals surface area contributed by atoms with E-state index in [1.807, 2.05) is 31.2 Å². The van der Waals surface area contributed by atoms with Gasteiger partial charge in [0.1, 0.15) is 0 Å². The summed E-state index contributed by atoms with van der Waals surface area (Å²) < 4.78 is 4.71. The zero-order chi connectivity index (χ0) is 13.1. The van der Waals surface area contributed by atoms with E-state index < -0.39 is 0 Å². The van der Waals surface area contributed by atoms with Gasteiger partial charge >= 0.3 is 5.97 Å². The van der Waals surface area contributed by atoms with Crippen LogP contribution in [0.3, 0.4) is 0 Å². The highest BCUT2D eigenvalue weighted by molar-refractivity contribution is 5.94. The predicted molar refractivity (Wildman–Crippen MR) is 67.2 cm³/mol. The van der Waals surface area contributed by atoms with Crippen LogP contribution in [-0.2, 0) is 9.53 Å². The second-order valence-corrected chi connectivity index (χ2v) is 4.63. The Hall–Kier alpha value is -1.84. The molecule has 0 bridgehead atoms. The molecule has 18 heavy (non-hydrogen) atoms. The molecule has 1 saturated heterocycles. The quantitative estimate of drug-likeness (QED) is 0.746. The normalized spacial score (nSPS) is 18.8. The number of rotatable bonds is 2. The van der Waals surface area contributed by atoms with Gasteiger partial charge in [0.05, 0.1) is 13.0 Å². The smallest absolute Gasteiger partial charge is 0.310 e. The first kappa shape index (κ1) is 12.6. The van der Waals surface area contributed by atoms with Crippen molar-refractivity contribution in [3.63, 3.8) is 0 Å². The molecule has 96 valence electrons. The van der Waals surface area contributed by atoms with Crippen molar-refractivity contribution in [1.82, 2.24) is 4.90 Å². The molecule has 1 fully saturated rings. The third kappa shape index (κ3) is 2.53. The lowest BCUT2D eigenvalue weighted by Crippen LogP contribution is -2.30. The molecular weight excluding hydrogens is 230 g/mol. The monoisotopic (exact) mass is 247 g/mol. The van der Waals surface area contributed by atoms with Crippen LogP contribution in [0.1, 0.15) is 22.3 Å². The Bertz CT molecular complexity index is 453. The maximum Gasteiger partial charge on any atom is 0.310 e. The number of benzene rings is 1. The van der Waals surface area contributed by atoms with E-state index >= 15 is 0 Å². The standard InChI is InChI=1S/C14H17NO3/c1-10-3-5-11(6-4-10)13(16)15-8-7-12(9-15)14(17)18-2/h3-6,12H,7-9H2,1-2H3. The molecule has 1 atom stereocenters. The molecule has 1 aliphatic rings. The number of likely N-dealkylation sites (tertiary alicyclic amines) is 1. The largest absolute Gasteiger partial charge is 0.469 e. The lowest BCUT2D eigenvalue weighted by molar-refractivity contribution is -0.144. The van der Waals surface area contributed by atoms with E-state index in [4.69, 9.17) is 4.74 Å². The van der Waals surface area contributed by atoms with Gasteiger partial charge in [-0.1, -0.05) is 17.7 Å². The average Bonchev–Trinajstić information content (AvgIpc) is 2.87. The van der Waals surface area contributed by atoms with Crippen molar-refractivity contribution in [2.75, 3.05) is 20.2 Å². The van der Waals surface area contributed by atoms with E-state index in [1.54, 1.807) is 4.90 Å². The number of carbonyl (C=O) groups is 2. The molecule has 0 aliphatic carbocycles. The maximum atomic E-state index is 12.2. The third-order valence-corrected chi connectivity index (χ3v) is 3.31. The fraction of sp³-hybridized carbons (Fsp3) is 0.429. The van der Waals surface area contributed by atoms with Gasteiger partial charge in [0.15, 0.2) is 0 Å². The van der Waals surface area contributed by atoms with E-state index in [2.05, 4.69) is 0 Å². The van der Waals surface area contributed by atoms with Gasteiger partial charge in [0.25, 0.3) is 5.91 Å². The Morgan fingerprint density at radius 2 is 1.94 bits per heavy atom. The van der Waals surface area contributed by atoms with Gasteiger partial charge in [0, 0.05) is 18.7 Å². The Balaban J connectivity index is 2.03. The molecule has 0 aromatic heterocycles. The summed E-state index contributed by atoms with van der Waals surface area (Å²) in [6, 6.07) is 7.48. The molecule has 0 saturated carbocycles. The average molecular weight is 247 g/mol. The van der Waals surface area contributed by atoms with Crippen LogP contribution in [0.25, 0.3) is 0 Å². The summed E-state index contributed by atoms with van der Waals surface area (Å²) in [6.07, 6.45) is 0.685. The van der Waals surface area contributed by atoms with Crippen molar-refractivity contribution in [1.29, 1.82) is 0 Å². The number of hydrogen-bond acceptors (Lipinski definition) is 3. The van der Waals surface area contributed by atoms with Crippen LogP contribution in [0.2, 0.25) is 0 Å². The Kier molecular flexibility index (Phi) is 3.65. The first-order valence-corrected chi connectivity index (χ1v) is 6.05. The third-order valence-electron chi connectivity index (χ3n) is 3.31. The molecule has 4 heteroatoms. The topological polar surface area (TPSA) is 46.6 Å². The summed E-state index contributed by atoms with van der Waals surface area (Å²) in [4.78, 5) is 25.3. The highest BCUT2D eigenvalue weighted by Crippen LogP contribution is 2.19. The number of esters is 1. The van der Waals surface area contributed by atoms with E-state index in [0.29, 0.717) is 25.1 Å². The molecule has 1 aromatic carbocycles. The van der Waals surface area contributed by atoms with E-state index in [-0.39, 0.29) is 17.8 Å². The molecule has 1 aromatic rings. The molecule has 1 aliphatic heterocycles. The molecule has 1 unspecified atom stereocenters. The molecule has 0 radical (unpaired) electrons. The number of methoxy groups -OCH3 is 1. The molecular formula is C14H17NO3. The number of aryl methyl sites for hydroxylation is 1. The van der Waals surface area contributed by atoms with Crippen molar-refractivity contribution >= 4 is 11.9 Å². The van der Waals surface area contributed by atoms with Crippen LogP contribution < -0.4 is 0 Å². The number of carbonyl (C=O) groups excluding carboxylic acids is 2. The van der Waals surface area contributed by atoms with E-state index in [0.717, 1.165) is 5.56 Å². The van der Waals surface area contributed by atoms with E-state index in [1.165, 1.54) is 7.11 Å². The summed E-state index contributed by atoms with van der Waals surface area (Å²) in [5.41, 5.74) is 1.80. The van der Waals surface area contributed by atoms with Crippen LogP contribution in [0.15, 0.2) is 24.3 Å². The van der Waals surface area contributed by atoms with Crippen LogP contribution in [0.4, 0.5) is 0 Å². The van der Waals surface area contributed by atoms with Gasteiger partial charge < -0.3 is 9.64 Å². The summed E-state index contributed by atoms with van der Waals surface area (Å²) in [5, 5.41) is 0. The van der Waals surface area contributed by atoms with Gasteiger partial charge in [-0.3, -0.25) is 9.59 Å². The van der Waals surface area contributed by atoms with Crippen LogP contribution in [0.5, 0.6) is 0 Å². The summed E-state index contributed by atoms with van der Waals surface area (Å²) in [7, 11) is 1.38. The van der Waals surface area contributed by atoms with Crippen molar-refractivity contribution < 1.29 is 14.3 Å². The molecule has 0 N–H and O–H groups in total. The van der Waals surface area contributed by atoms with Gasteiger partial charge in [-0.05, 0) is 25.5 Å². The molecule has 0 spiro atoms. The zero-order valence-corrected chi connectivity index (χ0v) is 10.7. The number of nitrogens with zero attached hydrogens (tertiary/aromatic N) is 1. The Labute approximate surface area is 107 Å². The Morgan fingerprint density at radius 1 is 1.28 bits per heavy atom. The summed E-state index contributed by atoms with van der Waals surface area (Å²) in [6.45, 7) is 3.06. The number of hydrogen-bond donors (Lipinski definition) is 0. The van der Waals surface area contributed by atoms with E-state index in [9.17, 15) is 9.59 Å². The molecule has 2 rings (SSSR count). The fourth-order valence-corrected chi connectivity index (χ4v) is 2.18. The second kappa shape index (κ2) is 5.21. The molecule has 4 nitrogen and oxygen atoms in total. The zero-order valence-electron chi connectivity index (χ0n) is 10.7. The highest BCUT2D eigenvalue weighted by atomic mass is 16.5. The summed E-state index contributed by atoms with van der Waals surface area (Å²) in [5.74, 6) is -0.417. The van der Waals surface area contributed by atoms with Crippen LogP contribution in [0, 0.1) is 12.8 Å². The minimum absolute atomic E-state index is 0.0126. The van der Waals surface area contributed by atoms with Crippen LogP contribution in [-0.4, -0.2) is 37.0 Å². The molecule has 1 amide bonds. The summed E-state index contributed by atoms with van der Waals surface area (Å²) >= 11 is 0. The first-order valence-electron chi connectivity index (χ1n) is 6.05. The van der Waals surface area contributed by atoms with Crippen LogP contribution >= 0.6 is 0 Å². The minimum atomic E-state index is -0.228. The van der Waals surface area contributed by atoms with Crippen molar-refractivity contribution in [2.45, 2.75) is 13.3 Å². The first-order chi connectivity index (χ1) is 8.61. The molecule has 1 heterocycles. The number of amides is 1. The van der Waals surface area contributed by atoms with Crippen molar-refractivity contribution in [3.05, 3.63) is 35.4 Å². The van der Waals surface area contributed by atoms with Gasteiger partial charge in [-0.2, -0.15) is 0 Å². The van der Waals surface area contributed by atoms with Gasteiger partial charge in [0.2, 0.25) is 0 Å². The van der Waals surface area contributed by atoms with Crippen molar-refractivity contribution in [3.8, 4) is 0 Å². The minimum Gasteiger partial charge on any atom is -0.469 e. The Morgan fingerprint density at radius 3 is 2.56 bits per heavy atom. The SMILES string of the molecule is COC(=O)C1CCN(C(=O)c2ccc(C)cc2)C1. The number of ether oxygens (including phenoxy) is 1.